The minimum absolute atomic E-state index is 0.0673. The van der Waals surface area contributed by atoms with Crippen LogP contribution in [-0.2, 0) is 10.2 Å². The molecule has 5 heteroatoms. The van der Waals surface area contributed by atoms with Gasteiger partial charge in [0.25, 0.3) is 0 Å². The van der Waals surface area contributed by atoms with Gasteiger partial charge in [0.05, 0.1) is 13.2 Å². The number of nitrogens with zero attached hydrogens (tertiary/aromatic N) is 4. The highest BCUT2D eigenvalue weighted by Crippen LogP contribution is 2.28. The van der Waals surface area contributed by atoms with Crippen molar-refractivity contribution in [2.45, 2.75) is 26.2 Å². The lowest BCUT2D eigenvalue weighted by molar-refractivity contribution is 0.122. The second-order valence-electron chi connectivity index (χ2n) is 5.95. The van der Waals surface area contributed by atoms with E-state index >= 15 is 0 Å². The topological polar surface area (TPSA) is 42.7 Å². The maximum atomic E-state index is 5.41. The summed E-state index contributed by atoms with van der Waals surface area (Å²) in [5.41, 5.74) is 2.25. The van der Waals surface area contributed by atoms with Crippen molar-refractivity contribution in [2.75, 3.05) is 31.2 Å². The molecule has 0 spiro atoms. The quantitative estimate of drug-likeness (QED) is 0.785. The van der Waals surface area contributed by atoms with E-state index in [-0.39, 0.29) is 5.41 Å². The molecule has 102 valence electrons. The SMILES string of the molecule is CC(C)(C)c1ccc(N2CCOCC2)n2ncnc12. The first-order valence-electron chi connectivity index (χ1n) is 6.73. The largest absolute Gasteiger partial charge is 0.378 e. The zero-order valence-electron chi connectivity index (χ0n) is 11.8. The second kappa shape index (κ2) is 4.49. The fourth-order valence-electron chi connectivity index (χ4n) is 2.51. The van der Waals surface area contributed by atoms with E-state index in [4.69, 9.17) is 4.74 Å². The van der Waals surface area contributed by atoms with Crippen LogP contribution < -0.4 is 4.90 Å². The van der Waals surface area contributed by atoms with Gasteiger partial charge in [0.2, 0.25) is 0 Å². The minimum atomic E-state index is 0.0673. The molecule has 0 aromatic carbocycles. The molecule has 0 amide bonds. The molecule has 1 aliphatic heterocycles. The Bertz CT molecular complexity index is 579. The summed E-state index contributed by atoms with van der Waals surface area (Å²) in [6.07, 6.45) is 1.63. The van der Waals surface area contributed by atoms with E-state index in [1.807, 2.05) is 4.52 Å². The van der Waals surface area contributed by atoms with Crippen molar-refractivity contribution in [3.8, 4) is 0 Å². The molecule has 0 radical (unpaired) electrons. The van der Waals surface area contributed by atoms with Gasteiger partial charge in [-0.25, -0.2) is 4.98 Å². The van der Waals surface area contributed by atoms with E-state index in [9.17, 15) is 0 Å². The summed E-state index contributed by atoms with van der Waals surface area (Å²) in [5, 5.41) is 4.39. The fourth-order valence-corrected chi connectivity index (χ4v) is 2.51. The third kappa shape index (κ3) is 2.18. The van der Waals surface area contributed by atoms with Crippen molar-refractivity contribution in [3.05, 3.63) is 24.0 Å². The summed E-state index contributed by atoms with van der Waals surface area (Å²) in [6, 6.07) is 4.32. The summed E-state index contributed by atoms with van der Waals surface area (Å²) in [4.78, 5) is 6.74. The molecule has 0 saturated carbocycles. The third-order valence-electron chi connectivity index (χ3n) is 3.55. The number of anilines is 1. The highest BCUT2D eigenvalue weighted by Gasteiger charge is 2.22. The maximum Gasteiger partial charge on any atom is 0.161 e. The molecule has 5 nitrogen and oxygen atoms in total. The first kappa shape index (κ1) is 12.4. The number of hydrogen-bond donors (Lipinski definition) is 0. The highest BCUT2D eigenvalue weighted by molar-refractivity contribution is 5.58. The van der Waals surface area contributed by atoms with E-state index in [0.717, 1.165) is 37.8 Å². The van der Waals surface area contributed by atoms with Crippen molar-refractivity contribution in [1.29, 1.82) is 0 Å². The molecule has 0 aliphatic carbocycles. The number of hydrogen-bond acceptors (Lipinski definition) is 4. The number of aromatic nitrogens is 3. The molecule has 1 aliphatic rings. The summed E-state index contributed by atoms with van der Waals surface area (Å²) in [7, 11) is 0. The fraction of sp³-hybridized carbons (Fsp3) is 0.571. The third-order valence-corrected chi connectivity index (χ3v) is 3.55. The monoisotopic (exact) mass is 260 g/mol. The predicted molar refractivity (Wildman–Crippen MR) is 74.7 cm³/mol. The summed E-state index contributed by atoms with van der Waals surface area (Å²) in [5.74, 6) is 1.10. The predicted octanol–water partition coefficient (Wildman–Crippen LogP) is 1.86. The Morgan fingerprint density at radius 2 is 1.89 bits per heavy atom. The molecule has 3 heterocycles. The number of rotatable bonds is 1. The summed E-state index contributed by atoms with van der Waals surface area (Å²) in [6.45, 7) is 9.96. The van der Waals surface area contributed by atoms with Crippen LogP contribution in [0.3, 0.4) is 0 Å². The van der Waals surface area contributed by atoms with Gasteiger partial charge >= 0.3 is 0 Å². The average molecular weight is 260 g/mol. The number of pyridine rings is 1. The Balaban J connectivity index is 2.10. The van der Waals surface area contributed by atoms with Gasteiger partial charge in [-0.2, -0.15) is 9.61 Å². The molecule has 0 N–H and O–H groups in total. The molecule has 0 atom stereocenters. The summed E-state index contributed by atoms with van der Waals surface area (Å²) < 4.78 is 7.36. The van der Waals surface area contributed by atoms with Crippen molar-refractivity contribution in [3.63, 3.8) is 0 Å². The van der Waals surface area contributed by atoms with Crippen LogP contribution in [-0.4, -0.2) is 40.9 Å². The van der Waals surface area contributed by atoms with Gasteiger partial charge in [0.15, 0.2) is 5.65 Å². The number of ether oxygens (including phenoxy) is 1. The zero-order chi connectivity index (χ0) is 13.5. The molecular weight excluding hydrogens is 240 g/mol. The molecule has 0 bridgehead atoms. The lowest BCUT2D eigenvalue weighted by atomic mass is 9.88. The van der Waals surface area contributed by atoms with Crippen LogP contribution >= 0.6 is 0 Å². The molecule has 19 heavy (non-hydrogen) atoms. The van der Waals surface area contributed by atoms with E-state index in [0.29, 0.717) is 0 Å². The Morgan fingerprint density at radius 1 is 1.16 bits per heavy atom. The molecule has 3 rings (SSSR count). The first-order valence-corrected chi connectivity index (χ1v) is 6.73. The molecule has 1 fully saturated rings. The lowest BCUT2D eigenvalue weighted by Crippen LogP contribution is -2.37. The molecule has 2 aromatic heterocycles. The van der Waals surface area contributed by atoms with Crippen molar-refractivity contribution >= 4 is 11.5 Å². The van der Waals surface area contributed by atoms with Crippen LogP contribution in [0.15, 0.2) is 18.5 Å². The van der Waals surface area contributed by atoms with Crippen LogP contribution in [0.1, 0.15) is 26.3 Å². The van der Waals surface area contributed by atoms with Gasteiger partial charge in [-0.1, -0.05) is 26.8 Å². The van der Waals surface area contributed by atoms with E-state index < -0.39 is 0 Å². The molecule has 1 saturated heterocycles. The highest BCUT2D eigenvalue weighted by atomic mass is 16.5. The van der Waals surface area contributed by atoms with E-state index in [1.165, 1.54) is 5.56 Å². The van der Waals surface area contributed by atoms with Gasteiger partial charge in [-0.3, -0.25) is 0 Å². The Hall–Kier alpha value is -1.62. The lowest BCUT2D eigenvalue weighted by Gasteiger charge is -2.30. The maximum absolute atomic E-state index is 5.41. The van der Waals surface area contributed by atoms with Crippen LogP contribution in [0.4, 0.5) is 5.82 Å². The summed E-state index contributed by atoms with van der Waals surface area (Å²) >= 11 is 0. The van der Waals surface area contributed by atoms with Gasteiger partial charge in [-0.15, -0.1) is 0 Å². The van der Waals surface area contributed by atoms with Crippen LogP contribution in [0.5, 0.6) is 0 Å². The van der Waals surface area contributed by atoms with Crippen LogP contribution in [0.25, 0.3) is 5.65 Å². The number of morpholine rings is 1. The Labute approximate surface area is 113 Å². The molecule has 2 aromatic rings. The van der Waals surface area contributed by atoms with Crippen LogP contribution in [0, 0.1) is 0 Å². The van der Waals surface area contributed by atoms with Crippen molar-refractivity contribution in [1.82, 2.24) is 14.6 Å². The zero-order valence-corrected chi connectivity index (χ0v) is 11.8. The number of fused-ring (bicyclic) bond motifs is 1. The first-order chi connectivity index (χ1) is 9.07. The van der Waals surface area contributed by atoms with Gasteiger partial charge in [-0.05, 0) is 11.5 Å². The van der Waals surface area contributed by atoms with Crippen molar-refractivity contribution in [2.24, 2.45) is 0 Å². The smallest absolute Gasteiger partial charge is 0.161 e. The molecular formula is C14H20N4O. The Morgan fingerprint density at radius 3 is 2.58 bits per heavy atom. The second-order valence-corrected chi connectivity index (χ2v) is 5.95. The van der Waals surface area contributed by atoms with E-state index in [2.05, 4.69) is 47.9 Å². The van der Waals surface area contributed by atoms with Gasteiger partial charge in [0.1, 0.15) is 12.1 Å². The van der Waals surface area contributed by atoms with Gasteiger partial charge in [0, 0.05) is 18.7 Å². The van der Waals surface area contributed by atoms with Crippen molar-refractivity contribution < 1.29 is 4.74 Å². The minimum Gasteiger partial charge on any atom is -0.378 e. The molecule has 0 unspecified atom stereocenters. The standard InChI is InChI=1S/C14H20N4O/c1-14(2,3)11-4-5-12(17-6-8-19-9-7-17)18-13(11)15-10-16-18/h4-5,10H,6-9H2,1-3H3. The average Bonchev–Trinajstić information content (AvgIpc) is 2.86. The Kier molecular flexibility index (Phi) is 2.93. The van der Waals surface area contributed by atoms with Crippen LogP contribution in [0.2, 0.25) is 0 Å². The van der Waals surface area contributed by atoms with E-state index in [1.54, 1.807) is 6.33 Å². The van der Waals surface area contributed by atoms with Gasteiger partial charge < -0.3 is 9.64 Å². The normalized spacial score (nSPS) is 17.1.